The van der Waals surface area contributed by atoms with E-state index in [0.717, 1.165) is 19.4 Å². The molecule has 0 aliphatic carbocycles. The highest BCUT2D eigenvalue weighted by Gasteiger charge is 2.36. The number of aliphatic hydroxyl groups is 1. The first-order valence-electron chi connectivity index (χ1n) is 5.83. The zero-order valence-corrected chi connectivity index (χ0v) is 9.33. The first-order valence-corrected chi connectivity index (χ1v) is 5.83. The van der Waals surface area contributed by atoms with E-state index in [1.54, 1.807) is 11.8 Å². The number of likely N-dealkylation sites (tertiary alicyclic amines) is 1. The number of piperidine rings is 1. The third kappa shape index (κ3) is 2.49. The van der Waals surface area contributed by atoms with Crippen molar-refractivity contribution in [2.75, 3.05) is 19.6 Å². The van der Waals surface area contributed by atoms with Gasteiger partial charge in [-0.3, -0.25) is 4.79 Å². The number of β-amino-alcohol motifs (C(OH)–C–C–N with tert-alkyl or cyclic N) is 1. The molecule has 2 N–H and O–H groups in total. The molecule has 2 fully saturated rings. The maximum Gasteiger partial charge on any atom is 0.239 e. The predicted octanol–water partition coefficient (Wildman–Crippen LogP) is 0.112. The fraction of sp³-hybridized carbons (Fsp3) is 0.909. The topological polar surface area (TPSA) is 52.6 Å². The summed E-state index contributed by atoms with van der Waals surface area (Å²) in [6.07, 6.45) is 3.94. The van der Waals surface area contributed by atoms with Crippen LogP contribution in [-0.4, -0.2) is 47.2 Å². The van der Waals surface area contributed by atoms with Crippen LogP contribution in [0.4, 0.5) is 0 Å². The van der Waals surface area contributed by atoms with Gasteiger partial charge in [-0.1, -0.05) is 6.42 Å². The molecule has 2 saturated heterocycles. The van der Waals surface area contributed by atoms with Crippen LogP contribution in [0.2, 0.25) is 0 Å². The van der Waals surface area contributed by atoms with Crippen molar-refractivity contribution < 1.29 is 9.90 Å². The van der Waals surface area contributed by atoms with Gasteiger partial charge in [0.25, 0.3) is 0 Å². The SMILES string of the molecule is CC1(O)CCN(C(=O)C2CCCCN2)C1. The molecule has 0 bridgehead atoms. The Hall–Kier alpha value is -0.610. The third-order valence-electron chi connectivity index (χ3n) is 3.37. The molecule has 0 spiro atoms. The normalized spacial score (nSPS) is 36.9. The number of amides is 1. The van der Waals surface area contributed by atoms with Gasteiger partial charge in [-0.25, -0.2) is 0 Å². The molecular weight excluding hydrogens is 192 g/mol. The lowest BCUT2D eigenvalue weighted by Gasteiger charge is -2.27. The summed E-state index contributed by atoms with van der Waals surface area (Å²) in [5.41, 5.74) is -0.676. The summed E-state index contributed by atoms with van der Waals surface area (Å²) in [5, 5.41) is 13.0. The molecule has 1 amide bonds. The molecule has 2 unspecified atom stereocenters. The molecule has 0 saturated carbocycles. The average molecular weight is 212 g/mol. The molecule has 0 aromatic rings. The van der Waals surface area contributed by atoms with Crippen LogP contribution in [0, 0.1) is 0 Å². The molecule has 0 aromatic carbocycles. The minimum absolute atomic E-state index is 0.00681. The minimum atomic E-state index is -0.676. The van der Waals surface area contributed by atoms with E-state index in [9.17, 15) is 9.90 Å². The lowest BCUT2D eigenvalue weighted by molar-refractivity contribution is -0.133. The summed E-state index contributed by atoms with van der Waals surface area (Å²) in [6, 6.07) is -0.00681. The Balaban J connectivity index is 1.90. The second-order valence-electron chi connectivity index (χ2n) is 5.01. The zero-order chi connectivity index (χ0) is 10.9. The van der Waals surface area contributed by atoms with Crippen LogP contribution in [-0.2, 0) is 4.79 Å². The van der Waals surface area contributed by atoms with Gasteiger partial charge in [0.15, 0.2) is 0 Å². The maximum atomic E-state index is 12.0. The van der Waals surface area contributed by atoms with Gasteiger partial charge in [-0.15, -0.1) is 0 Å². The molecule has 86 valence electrons. The monoisotopic (exact) mass is 212 g/mol. The van der Waals surface area contributed by atoms with Crippen molar-refractivity contribution in [2.24, 2.45) is 0 Å². The number of nitrogens with zero attached hydrogens (tertiary/aromatic N) is 1. The number of carbonyl (C=O) groups excluding carboxylic acids is 1. The summed E-state index contributed by atoms with van der Waals surface area (Å²) in [5.74, 6) is 0.174. The van der Waals surface area contributed by atoms with Gasteiger partial charge in [-0.2, -0.15) is 0 Å². The fourth-order valence-electron chi connectivity index (χ4n) is 2.42. The van der Waals surface area contributed by atoms with Crippen LogP contribution in [0.25, 0.3) is 0 Å². The van der Waals surface area contributed by atoms with Gasteiger partial charge < -0.3 is 15.3 Å². The van der Waals surface area contributed by atoms with Gasteiger partial charge in [0, 0.05) is 13.1 Å². The summed E-state index contributed by atoms with van der Waals surface area (Å²) in [4.78, 5) is 13.8. The fourth-order valence-corrected chi connectivity index (χ4v) is 2.42. The van der Waals surface area contributed by atoms with E-state index in [1.807, 2.05) is 0 Å². The van der Waals surface area contributed by atoms with Crippen molar-refractivity contribution in [3.05, 3.63) is 0 Å². The van der Waals surface area contributed by atoms with E-state index >= 15 is 0 Å². The number of rotatable bonds is 1. The Morgan fingerprint density at radius 2 is 2.33 bits per heavy atom. The van der Waals surface area contributed by atoms with Crippen LogP contribution in [0.3, 0.4) is 0 Å². The third-order valence-corrected chi connectivity index (χ3v) is 3.37. The molecule has 2 rings (SSSR count). The number of hydrogen-bond acceptors (Lipinski definition) is 3. The van der Waals surface area contributed by atoms with Crippen molar-refractivity contribution in [3.8, 4) is 0 Å². The Morgan fingerprint density at radius 3 is 2.87 bits per heavy atom. The number of carbonyl (C=O) groups is 1. The molecule has 2 atom stereocenters. The molecule has 4 heteroatoms. The highest BCUT2D eigenvalue weighted by Crippen LogP contribution is 2.22. The molecule has 4 nitrogen and oxygen atoms in total. The van der Waals surface area contributed by atoms with Crippen molar-refractivity contribution in [1.82, 2.24) is 10.2 Å². The summed E-state index contributed by atoms with van der Waals surface area (Å²) < 4.78 is 0. The minimum Gasteiger partial charge on any atom is -0.388 e. The molecule has 2 aliphatic heterocycles. The van der Waals surface area contributed by atoms with Gasteiger partial charge in [0.1, 0.15) is 0 Å². The van der Waals surface area contributed by atoms with E-state index in [4.69, 9.17) is 0 Å². The molecule has 0 aromatic heterocycles. The Bertz CT molecular complexity index is 247. The van der Waals surface area contributed by atoms with Crippen molar-refractivity contribution in [2.45, 2.75) is 44.2 Å². The van der Waals surface area contributed by atoms with E-state index in [0.29, 0.717) is 19.5 Å². The summed E-state index contributed by atoms with van der Waals surface area (Å²) in [7, 11) is 0. The van der Waals surface area contributed by atoms with Gasteiger partial charge in [0.05, 0.1) is 11.6 Å². The van der Waals surface area contributed by atoms with E-state index in [-0.39, 0.29) is 11.9 Å². The van der Waals surface area contributed by atoms with Crippen LogP contribution in [0.1, 0.15) is 32.6 Å². The van der Waals surface area contributed by atoms with Crippen LogP contribution < -0.4 is 5.32 Å². The van der Waals surface area contributed by atoms with Gasteiger partial charge >= 0.3 is 0 Å². The first kappa shape index (κ1) is 10.9. The lowest BCUT2D eigenvalue weighted by atomic mass is 10.0. The second-order valence-corrected chi connectivity index (χ2v) is 5.01. The Kier molecular flexibility index (Phi) is 2.98. The summed E-state index contributed by atoms with van der Waals surface area (Å²) in [6.45, 7) is 3.93. The molecule has 15 heavy (non-hydrogen) atoms. The molecular formula is C11H20N2O2. The van der Waals surface area contributed by atoms with E-state index < -0.39 is 5.60 Å². The standard InChI is InChI=1S/C11H20N2O2/c1-11(15)5-7-13(8-11)10(14)9-4-2-3-6-12-9/h9,12,15H,2-8H2,1H3. The Labute approximate surface area is 90.6 Å². The first-order chi connectivity index (χ1) is 7.08. The van der Waals surface area contributed by atoms with Crippen molar-refractivity contribution >= 4 is 5.91 Å². The quantitative estimate of drug-likeness (QED) is 0.649. The number of nitrogens with one attached hydrogen (secondary N) is 1. The average Bonchev–Trinajstić information content (AvgIpc) is 2.59. The van der Waals surface area contributed by atoms with E-state index in [1.165, 1.54) is 6.42 Å². The molecule has 0 radical (unpaired) electrons. The molecule has 2 heterocycles. The Morgan fingerprint density at radius 1 is 1.53 bits per heavy atom. The number of hydrogen-bond donors (Lipinski definition) is 2. The summed E-state index contributed by atoms with van der Waals surface area (Å²) >= 11 is 0. The molecule has 2 aliphatic rings. The highest BCUT2D eigenvalue weighted by atomic mass is 16.3. The largest absolute Gasteiger partial charge is 0.388 e. The van der Waals surface area contributed by atoms with Crippen molar-refractivity contribution in [1.29, 1.82) is 0 Å². The maximum absolute atomic E-state index is 12.0. The predicted molar refractivity (Wildman–Crippen MR) is 57.5 cm³/mol. The van der Waals surface area contributed by atoms with Crippen molar-refractivity contribution in [3.63, 3.8) is 0 Å². The van der Waals surface area contributed by atoms with Gasteiger partial charge in [0.2, 0.25) is 5.91 Å². The van der Waals surface area contributed by atoms with Crippen LogP contribution >= 0.6 is 0 Å². The smallest absolute Gasteiger partial charge is 0.239 e. The van der Waals surface area contributed by atoms with Crippen LogP contribution in [0.15, 0.2) is 0 Å². The second kappa shape index (κ2) is 4.10. The lowest BCUT2D eigenvalue weighted by Crippen LogP contribution is -2.48. The van der Waals surface area contributed by atoms with Crippen LogP contribution in [0.5, 0.6) is 0 Å². The highest BCUT2D eigenvalue weighted by molar-refractivity contribution is 5.82. The zero-order valence-electron chi connectivity index (χ0n) is 9.33. The van der Waals surface area contributed by atoms with Gasteiger partial charge in [-0.05, 0) is 32.7 Å². The van der Waals surface area contributed by atoms with E-state index in [2.05, 4.69) is 5.32 Å².